The van der Waals surface area contributed by atoms with Crippen molar-refractivity contribution in [1.82, 2.24) is 9.97 Å². The van der Waals surface area contributed by atoms with Gasteiger partial charge in [0.15, 0.2) is 5.82 Å². The molecule has 10 nitrogen and oxygen atoms in total. The zero-order chi connectivity index (χ0) is 32.6. The zero-order valence-corrected chi connectivity index (χ0v) is 26.2. The first-order valence-electron chi connectivity index (χ1n) is 14.6. The molecule has 0 fully saturated rings. The fourth-order valence-corrected chi connectivity index (χ4v) is 5.31. The summed E-state index contributed by atoms with van der Waals surface area (Å²) in [5.74, 6) is 0.193. The molecule has 0 spiro atoms. The highest BCUT2D eigenvalue weighted by molar-refractivity contribution is 7.58. The molecule has 1 unspecified atom stereocenters. The van der Waals surface area contributed by atoms with Crippen molar-refractivity contribution in [3.05, 3.63) is 70.9 Å². The van der Waals surface area contributed by atoms with Crippen LogP contribution in [0.3, 0.4) is 0 Å². The Labute approximate surface area is 260 Å². The largest absolute Gasteiger partial charge is 0.491 e. The number of carboxylic acid groups (broad SMARTS) is 1. The number of carbonyl (C=O) groups is 1. The van der Waals surface area contributed by atoms with E-state index in [0.29, 0.717) is 42.3 Å². The van der Waals surface area contributed by atoms with Gasteiger partial charge in [-0.1, -0.05) is 18.2 Å². The maximum atomic E-state index is 13.4. The molecule has 4 rings (SSSR count). The van der Waals surface area contributed by atoms with Gasteiger partial charge in [0.05, 0.1) is 31.9 Å². The lowest BCUT2D eigenvalue weighted by Gasteiger charge is -2.18. The summed E-state index contributed by atoms with van der Waals surface area (Å²) in [6, 6.07) is 13.7. The molecule has 0 saturated heterocycles. The number of carboxylic acids is 1. The van der Waals surface area contributed by atoms with Crippen LogP contribution in [0.25, 0.3) is 21.8 Å². The number of nitrogens with zero attached hydrogens (tertiary/aromatic N) is 2. The number of nitrogen functional groups attached to an aromatic ring is 1. The number of benzene rings is 2. The van der Waals surface area contributed by atoms with Crippen LogP contribution in [0.2, 0.25) is 0 Å². The normalized spacial score (nSPS) is 13.3. The second-order valence-electron chi connectivity index (χ2n) is 10.9. The summed E-state index contributed by atoms with van der Waals surface area (Å²) in [6.45, 7) is 3.18. The second-order valence-corrected chi connectivity index (χ2v) is 13.4. The minimum absolute atomic E-state index is 0.0482. The van der Waals surface area contributed by atoms with E-state index < -0.39 is 25.4 Å². The van der Waals surface area contributed by atoms with Gasteiger partial charge >= 0.3 is 11.6 Å². The lowest BCUT2D eigenvalue weighted by atomic mass is 9.99. The predicted octanol–water partition coefficient (Wildman–Crippen LogP) is 5.77. The summed E-state index contributed by atoms with van der Waals surface area (Å²) in [5, 5.41) is 10.8. The van der Waals surface area contributed by atoms with E-state index in [1.807, 2.05) is 49.5 Å². The summed E-state index contributed by atoms with van der Waals surface area (Å²) in [4.78, 5) is 29.1. The molecule has 0 saturated carbocycles. The molecule has 4 aromatic rings. The number of aliphatic carboxylic acids is 1. The number of rotatable bonds is 17. The Morgan fingerprint density at radius 1 is 0.956 bits per heavy atom. The summed E-state index contributed by atoms with van der Waals surface area (Å²) in [5.41, 5.74) is 8.09. The third kappa shape index (κ3) is 9.40. The van der Waals surface area contributed by atoms with Crippen LogP contribution in [0, 0.1) is 6.92 Å². The van der Waals surface area contributed by atoms with Gasteiger partial charge in [-0.25, -0.2) is 4.98 Å². The lowest BCUT2D eigenvalue weighted by Crippen LogP contribution is -2.19. The van der Waals surface area contributed by atoms with Crippen molar-refractivity contribution in [2.45, 2.75) is 44.7 Å². The first-order chi connectivity index (χ1) is 21.3. The SMILES string of the molecule is Cc1cc(OCCOCCOCCC(F)(F)P(C)(=O)O)ccc1CCc1cnc2c(N)nc3cc(CCC(=O)O)ccc3c2c1. The molecule has 13 heteroatoms. The van der Waals surface area contributed by atoms with Crippen molar-refractivity contribution >= 4 is 41.0 Å². The summed E-state index contributed by atoms with van der Waals surface area (Å²) in [7, 11) is -4.50. The average molecular weight is 646 g/mol. The maximum Gasteiger partial charge on any atom is 0.323 e. The van der Waals surface area contributed by atoms with Gasteiger partial charge in [0.25, 0.3) is 7.37 Å². The molecule has 0 amide bonds. The van der Waals surface area contributed by atoms with Crippen molar-refractivity contribution in [3.8, 4) is 5.75 Å². The van der Waals surface area contributed by atoms with E-state index in [9.17, 15) is 18.1 Å². The molecule has 2 aromatic carbocycles. The molecular weight excluding hydrogens is 607 g/mol. The van der Waals surface area contributed by atoms with Crippen LogP contribution in [-0.4, -0.2) is 71.3 Å². The highest BCUT2D eigenvalue weighted by Gasteiger charge is 2.44. The highest BCUT2D eigenvalue weighted by Crippen LogP contribution is 2.55. The lowest BCUT2D eigenvalue weighted by molar-refractivity contribution is -0.136. The summed E-state index contributed by atoms with van der Waals surface area (Å²) < 4.78 is 54.3. The topological polar surface area (TPSA) is 154 Å². The van der Waals surface area contributed by atoms with E-state index in [1.54, 1.807) is 0 Å². The Bertz CT molecular complexity index is 1700. The minimum atomic E-state index is -4.50. The number of hydrogen-bond acceptors (Lipinski definition) is 8. The van der Waals surface area contributed by atoms with Gasteiger partial charge in [0.2, 0.25) is 0 Å². The standard InChI is InChI=1S/C32H38F2N3O7P/c1-21-17-25(44-16-15-43-14-13-42-12-11-32(33,34)45(2,40)41)8-7-24(21)6-3-23-18-27-26-9-4-22(5-10-29(38)39)19-28(26)37-31(35)30(27)36-20-23/h4,7-9,17-20H,3,5-6,10-16H2,1-2H3,(H2,35,37)(H,38,39)(H,40,41). The van der Waals surface area contributed by atoms with E-state index in [4.69, 9.17) is 29.9 Å². The first kappa shape index (κ1) is 34.2. The number of alkyl halides is 2. The van der Waals surface area contributed by atoms with E-state index in [1.165, 1.54) is 5.56 Å². The smallest absolute Gasteiger partial charge is 0.323 e. The van der Waals surface area contributed by atoms with Gasteiger partial charge in [-0.05, 0) is 72.7 Å². The number of aryl methyl sites for hydroxylation is 4. The van der Waals surface area contributed by atoms with Crippen molar-refractivity contribution in [1.29, 1.82) is 0 Å². The van der Waals surface area contributed by atoms with Gasteiger partial charge in [-0.15, -0.1) is 0 Å². The van der Waals surface area contributed by atoms with Crippen molar-refractivity contribution in [3.63, 3.8) is 0 Å². The van der Waals surface area contributed by atoms with Crippen LogP contribution in [0.4, 0.5) is 14.6 Å². The van der Waals surface area contributed by atoms with Gasteiger partial charge in [-0.3, -0.25) is 14.3 Å². The summed E-state index contributed by atoms with van der Waals surface area (Å²) >= 11 is 0. The fourth-order valence-electron chi connectivity index (χ4n) is 4.80. The highest BCUT2D eigenvalue weighted by atomic mass is 31.2. The number of hydrogen-bond donors (Lipinski definition) is 3. The molecule has 4 N–H and O–H groups in total. The first-order valence-corrected chi connectivity index (χ1v) is 16.7. The van der Waals surface area contributed by atoms with Crippen LogP contribution in [0.1, 0.15) is 35.1 Å². The van der Waals surface area contributed by atoms with Crippen LogP contribution in [0.15, 0.2) is 48.7 Å². The van der Waals surface area contributed by atoms with Gasteiger partial charge in [0.1, 0.15) is 17.9 Å². The van der Waals surface area contributed by atoms with Crippen LogP contribution in [0.5, 0.6) is 5.75 Å². The maximum absolute atomic E-state index is 13.4. The molecule has 0 aliphatic carbocycles. The van der Waals surface area contributed by atoms with E-state index in [2.05, 4.69) is 16.0 Å². The van der Waals surface area contributed by atoms with Gasteiger partial charge in [0, 0.05) is 36.5 Å². The van der Waals surface area contributed by atoms with Crippen molar-refractivity contribution in [2.75, 3.05) is 45.4 Å². The number of nitrogens with two attached hydrogens (primary N) is 1. The number of pyridine rings is 2. The van der Waals surface area contributed by atoms with Crippen LogP contribution >= 0.6 is 7.37 Å². The molecule has 2 aromatic heterocycles. The van der Waals surface area contributed by atoms with E-state index in [0.717, 1.165) is 40.3 Å². The van der Waals surface area contributed by atoms with Gasteiger partial charge in [-0.2, -0.15) is 8.78 Å². The average Bonchev–Trinajstić information content (AvgIpc) is 2.98. The van der Waals surface area contributed by atoms with Gasteiger partial charge < -0.3 is 29.9 Å². The Hall–Kier alpha value is -3.70. The second kappa shape index (κ2) is 15.1. The number of halogens is 2. The molecule has 242 valence electrons. The Balaban J connectivity index is 1.25. The number of fused-ring (bicyclic) bond motifs is 3. The fraction of sp³-hybridized carbons (Fsp3) is 0.406. The number of anilines is 1. The molecular formula is C32H38F2N3O7P. The van der Waals surface area contributed by atoms with Crippen LogP contribution in [-0.2, 0) is 38.1 Å². The molecule has 2 heterocycles. The minimum Gasteiger partial charge on any atom is -0.491 e. The molecule has 0 aliphatic heterocycles. The van der Waals surface area contributed by atoms with E-state index >= 15 is 0 Å². The molecule has 1 atom stereocenters. The zero-order valence-electron chi connectivity index (χ0n) is 25.3. The number of ether oxygens (including phenoxy) is 3. The quantitative estimate of drug-likeness (QED) is 0.0732. The molecule has 0 aliphatic rings. The van der Waals surface area contributed by atoms with Crippen LogP contribution < -0.4 is 10.5 Å². The monoisotopic (exact) mass is 645 g/mol. The Morgan fingerprint density at radius 2 is 1.69 bits per heavy atom. The predicted molar refractivity (Wildman–Crippen MR) is 168 cm³/mol. The van der Waals surface area contributed by atoms with Crippen molar-refractivity contribution in [2.24, 2.45) is 0 Å². The molecule has 45 heavy (non-hydrogen) atoms. The van der Waals surface area contributed by atoms with Crippen molar-refractivity contribution < 1.29 is 42.4 Å². The molecule has 0 radical (unpaired) electrons. The Kier molecular flexibility index (Phi) is 11.4. The van der Waals surface area contributed by atoms with E-state index in [-0.39, 0.29) is 32.8 Å². The summed E-state index contributed by atoms with van der Waals surface area (Å²) in [6.07, 6.45) is 3.02. The third-order valence-corrected chi connectivity index (χ3v) is 8.86. The Morgan fingerprint density at radius 3 is 2.40 bits per heavy atom. The number of aromatic nitrogens is 2. The third-order valence-electron chi connectivity index (χ3n) is 7.43. The molecule has 0 bridgehead atoms.